The predicted molar refractivity (Wildman–Crippen MR) is 85.7 cm³/mol. The van der Waals surface area contributed by atoms with Gasteiger partial charge >= 0.3 is 0 Å². The van der Waals surface area contributed by atoms with Crippen molar-refractivity contribution in [2.75, 3.05) is 0 Å². The molecule has 4 nitrogen and oxygen atoms in total. The van der Waals surface area contributed by atoms with Gasteiger partial charge in [0.05, 0.1) is 10.9 Å². The number of nitrogens with one attached hydrogen (secondary N) is 1. The smallest absolute Gasteiger partial charge is 0.233 e. The minimum Gasteiger partial charge on any atom is -0.352 e. The zero-order valence-electron chi connectivity index (χ0n) is 13.2. The second-order valence-electron chi connectivity index (χ2n) is 6.42. The largest absolute Gasteiger partial charge is 0.352 e. The molecule has 0 aromatic carbocycles. The quantitative estimate of drug-likeness (QED) is 0.848. The molecule has 1 N–H and O–H groups in total. The standard InChI is InChI=1S/C16H25N3OS/c1-10-11(2)19(14-6-4-5-7-14)16(17-10)21-12(3)15(20)18-13-8-9-13/h12-14H,4-9H2,1-3H3,(H,18,20)/t12-/m0/s1. The summed E-state index contributed by atoms with van der Waals surface area (Å²) >= 11 is 1.61. The molecule has 1 heterocycles. The molecule has 2 aliphatic rings. The molecule has 1 atom stereocenters. The Kier molecular flexibility index (Phi) is 4.29. The fraction of sp³-hybridized carbons (Fsp3) is 0.750. The molecule has 1 aromatic rings. The highest BCUT2D eigenvalue weighted by molar-refractivity contribution is 8.00. The summed E-state index contributed by atoms with van der Waals surface area (Å²) in [7, 11) is 0. The summed E-state index contributed by atoms with van der Waals surface area (Å²) in [6.45, 7) is 6.21. The molecule has 2 saturated carbocycles. The number of hydrogen-bond donors (Lipinski definition) is 1. The van der Waals surface area contributed by atoms with Crippen molar-refractivity contribution < 1.29 is 4.79 Å². The molecular weight excluding hydrogens is 282 g/mol. The van der Waals surface area contributed by atoms with Crippen LogP contribution in [-0.2, 0) is 4.79 Å². The van der Waals surface area contributed by atoms with Crippen LogP contribution >= 0.6 is 11.8 Å². The summed E-state index contributed by atoms with van der Waals surface area (Å²) in [6, 6.07) is 1.01. The third-order valence-corrected chi connectivity index (χ3v) is 5.69. The van der Waals surface area contributed by atoms with Crippen LogP contribution in [0.2, 0.25) is 0 Å². The Morgan fingerprint density at radius 3 is 2.57 bits per heavy atom. The summed E-state index contributed by atoms with van der Waals surface area (Å²) in [6.07, 6.45) is 7.38. The maximum Gasteiger partial charge on any atom is 0.233 e. The Morgan fingerprint density at radius 2 is 1.95 bits per heavy atom. The number of imidazole rings is 1. The van der Waals surface area contributed by atoms with Gasteiger partial charge in [-0.15, -0.1) is 0 Å². The van der Waals surface area contributed by atoms with Gasteiger partial charge in [0.1, 0.15) is 0 Å². The van der Waals surface area contributed by atoms with Gasteiger partial charge in [-0.3, -0.25) is 4.79 Å². The van der Waals surface area contributed by atoms with Gasteiger partial charge in [0, 0.05) is 17.8 Å². The molecule has 3 rings (SSSR count). The maximum absolute atomic E-state index is 12.2. The van der Waals surface area contributed by atoms with E-state index in [1.165, 1.54) is 31.4 Å². The molecule has 0 radical (unpaired) electrons. The summed E-state index contributed by atoms with van der Waals surface area (Å²) < 4.78 is 2.38. The number of carbonyl (C=O) groups is 1. The lowest BCUT2D eigenvalue weighted by atomic mass is 10.2. The number of aromatic nitrogens is 2. The number of carbonyl (C=O) groups excluding carboxylic acids is 1. The lowest BCUT2D eigenvalue weighted by Crippen LogP contribution is -2.32. The average Bonchev–Trinajstić information content (AvgIpc) is 3.00. The highest BCUT2D eigenvalue weighted by atomic mass is 32.2. The molecule has 1 aromatic heterocycles. The van der Waals surface area contributed by atoms with Crippen molar-refractivity contribution in [3.63, 3.8) is 0 Å². The molecule has 0 aliphatic heterocycles. The van der Waals surface area contributed by atoms with Crippen LogP contribution in [0.25, 0.3) is 0 Å². The van der Waals surface area contributed by atoms with Crippen LogP contribution in [0.5, 0.6) is 0 Å². The Labute approximate surface area is 131 Å². The maximum atomic E-state index is 12.2. The van der Waals surface area contributed by atoms with E-state index < -0.39 is 0 Å². The van der Waals surface area contributed by atoms with Gasteiger partial charge in [0.2, 0.25) is 5.91 Å². The number of thioether (sulfide) groups is 1. The zero-order chi connectivity index (χ0) is 15.0. The molecule has 0 bridgehead atoms. The predicted octanol–water partition coefficient (Wildman–Crippen LogP) is 3.37. The van der Waals surface area contributed by atoms with Crippen LogP contribution in [0.1, 0.15) is 62.9 Å². The number of amides is 1. The van der Waals surface area contributed by atoms with E-state index >= 15 is 0 Å². The van der Waals surface area contributed by atoms with E-state index in [-0.39, 0.29) is 11.2 Å². The summed E-state index contributed by atoms with van der Waals surface area (Å²) in [5.74, 6) is 0.152. The molecule has 2 aliphatic carbocycles. The summed E-state index contributed by atoms with van der Waals surface area (Å²) in [4.78, 5) is 16.9. The first-order chi connectivity index (χ1) is 10.1. The number of aryl methyl sites for hydroxylation is 1. The average molecular weight is 307 g/mol. The minimum absolute atomic E-state index is 0.0769. The first-order valence-electron chi connectivity index (χ1n) is 8.08. The van der Waals surface area contributed by atoms with E-state index in [4.69, 9.17) is 4.98 Å². The van der Waals surface area contributed by atoms with Crippen molar-refractivity contribution in [2.45, 2.75) is 81.8 Å². The molecule has 21 heavy (non-hydrogen) atoms. The summed E-state index contributed by atoms with van der Waals surface area (Å²) in [5, 5.41) is 4.03. The molecule has 5 heteroatoms. The number of hydrogen-bond acceptors (Lipinski definition) is 3. The van der Waals surface area contributed by atoms with E-state index in [1.54, 1.807) is 11.8 Å². The molecule has 0 unspecified atom stereocenters. The second kappa shape index (κ2) is 6.03. The Hall–Kier alpha value is -0.970. The fourth-order valence-corrected chi connectivity index (χ4v) is 4.11. The van der Waals surface area contributed by atoms with Crippen molar-refractivity contribution in [1.29, 1.82) is 0 Å². The van der Waals surface area contributed by atoms with Crippen molar-refractivity contribution in [3.8, 4) is 0 Å². The molecule has 1 amide bonds. The second-order valence-corrected chi connectivity index (χ2v) is 7.72. The number of nitrogens with zero attached hydrogens (tertiary/aromatic N) is 2. The third-order valence-electron chi connectivity index (χ3n) is 4.62. The van der Waals surface area contributed by atoms with Gasteiger partial charge in [-0.1, -0.05) is 24.6 Å². The van der Waals surface area contributed by atoms with Crippen LogP contribution in [-0.4, -0.2) is 26.8 Å². The first-order valence-corrected chi connectivity index (χ1v) is 8.96. The van der Waals surface area contributed by atoms with E-state index in [1.807, 2.05) is 6.92 Å². The minimum atomic E-state index is -0.0769. The molecule has 0 spiro atoms. The monoisotopic (exact) mass is 307 g/mol. The normalized spacial score (nSPS) is 20.7. The van der Waals surface area contributed by atoms with Crippen LogP contribution in [0.3, 0.4) is 0 Å². The van der Waals surface area contributed by atoms with Gasteiger partial charge in [0.25, 0.3) is 0 Å². The third kappa shape index (κ3) is 3.28. The van der Waals surface area contributed by atoms with E-state index in [9.17, 15) is 4.79 Å². The zero-order valence-corrected chi connectivity index (χ0v) is 14.0. The van der Waals surface area contributed by atoms with Gasteiger partial charge in [-0.2, -0.15) is 0 Å². The SMILES string of the molecule is Cc1nc(S[C@@H](C)C(=O)NC2CC2)n(C2CCCC2)c1C. The van der Waals surface area contributed by atoms with Gasteiger partial charge < -0.3 is 9.88 Å². The fourth-order valence-electron chi connectivity index (χ4n) is 3.03. The van der Waals surface area contributed by atoms with Crippen LogP contribution < -0.4 is 5.32 Å². The van der Waals surface area contributed by atoms with Crippen LogP contribution in [0.4, 0.5) is 0 Å². The van der Waals surface area contributed by atoms with E-state index in [0.717, 1.165) is 23.7 Å². The lowest BCUT2D eigenvalue weighted by molar-refractivity contribution is -0.120. The Morgan fingerprint density at radius 1 is 1.29 bits per heavy atom. The molecule has 116 valence electrons. The van der Waals surface area contributed by atoms with E-state index in [2.05, 4.69) is 23.7 Å². The lowest BCUT2D eigenvalue weighted by Gasteiger charge is -2.18. The Balaban J connectivity index is 1.74. The van der Waals surface area contributed by atoms with Crippen molar-refractivity contribution >= 4 is 17.7 Å². The topological polar surface area (TPSA) is 46.9 Å². The first kappa shape index (κ1) is 14.9. The Bertz CT molecular complexity index is 530. The number of rotatable bonds is 5. The molecule has 2 fully saturated rings. The molecule has 0 saturated heterocycles. The van der Waals surface area contributed by atoms with E-state index in [0.29, 0.717) is 12.1 Å². The van der Waals surface area contributed by atoms with Gasteiger partial charge in [-0.05, 0) is 46.5 Å². The van der Waals surface area contributed by atoms with Crippen molar-refractivity contribution in [1.82, 2.24) is 14.9 Å². The summed E-state index contributed by atoms with van der Waals surface area (Å²) in [5.41, 5.74) is 2.36. The van der Waals surface area contributed by atoms with Crippen LogP contribution in [0, 0.1) is 13.8 Å². The highest BCUT2D eigenvalue weighted by Crippen LogP contribution is 2.36. The van der Waals surface area contributed by atoms with Gasteiger partial charge in [0.15, 0.2) is 5.16 Å². The van der Waals surface area contributed by atoms with Crippen molar-refractivity contribution in [3.05, 3.63) is 11.4 Å². The van der Waals surface area contributed by atoms with Gasteiger partial charge in [-0.25, -0.2) is 4.98 Å². The van der Waals surface area contributed by atoms with Crippen molar-refractivity contribution in [2.24, 2.45) is 0 Å². The highest BCUT2D eigenvalue weighted by Gasteiger charge is 2.28. The van der Waals surface area contributed by atoms with Crippen LogP contribution in [0.15, 0.2) is 5.16 Å². The molecular formula is C16H25N3OS.